The first-order valence-electron chi connectivity index (χ1n) is 12.4. The molecular weight excluding hydrogens is 470 g/mol. The molecular formula is C28H29N5O4. The zero-order valence-corrected chi connectivity index (χ0v) is 21.4. The lowest BCUT2D eigenvalue weighted by molar-refractivity contribution is 0.0526. The van der Waals surface area contributed by atoms with Crippen LogP contribution in [0.4, 0.5) is 0 Å². The zero-order valence-electron chi connectivity index (χ0n) is 21.4. The molecule has 9 heteroatoms. The second-order valence-electron chi connectivity index (χ2n) is 8.99. The van der Waals surface area contributed by atoms with E-state index >= 15 is 0 Å². The predicted octanol–water partition coefficient (Wildman–Crippen LogP) is 3.86. The number of fused-ring (bicyclic) bond motifs is 3. The van der Waals surface area contributed by atoms with Gasteiger partial charge in [0.15, 0.2) is 11.2 Å². The standard InChI is InChI=1S/C28H29N5O4/c1-5-7-13-21-22(18-11-9-8-10-12-18)32(20-16-14-19(15-17-20)26(35)37-6-2)27-29-24-23(33(21)27)25(34)31(4)28(36)30(24)3/h8-12,14-17H,5-7,13H2,1-4H3. The van der Waals surface area contributed by atoms with Crippen molar-refractivity contribution in [3.63, 3.8) is 0 Å². The molecule has 0 N–H and O–H groups in total. The van der Waals surface area contributed by atoms with E-state index in [1.165, 1.54) is 11.6 Å². The number of esters is 1. The van der Waals surface area contributed by atoms with Crippen LogP contribution < -0.4 is 11.2 Å². The van der Waals surface area contributed by atoms with Crippen molar-refractivity contribution in [2.75, 3.05) is 6.61 Å². The molecule has 0 radical (unpaired) electrons. The molecule has 3 aromatic heterocycles. The average molecular weight is 500 g/mol. The first-order chi connectivity index (χ1) is 17.9. The summed E-state index contributed by atoms with van der Waals surface area (Å²) in [5.74, 6) is 0.144. The van der Waals surface area contributed by atoms with Crippen molar-refractivity contribution in [2.24, 2.45) is 14.1 Å². The fraction of sp³-hybridized carbons (Fsp3) is 0.286. The summed E-state index contributed by atoms with van der Waals surface area (Å²) in [7, 11) is 3.11. The molecule has 0 fully saturated rings. The van der Waals surface area contributed by atoms with Crippen LogP contribution in [0.15, 0.2) is 64.2 Å². The van der Waals surface area contributed by atoms with E-state index in [0.29, 0.717) is 35.5 Å². The van der Waals surface area contributed by atoms with E-state index in [1.807, 2.05) is 51.4 Å². The smallest absolute Gasteiger partial charge is 0.338 e. The van der Waals surface area contributed by atoms with Crippen LogP contribution in [0.2, 0.25) is 0 Å². The third-order valence-electron chi connectivity index (χ3n) is 6.66. The van der Waals surface area contributed by atoms with Crippen molar-refractivity contribution in [2.45, 2.75) is 33.1 Å². The molecule has 9 nitrogen and oxygen atoms in total. The number of nitrogens with zero attached hydrogens (tertiary/aromatic N) is 5. The van der Waals surface area contributed by atoms with E-state index in [1.54, 1.807) is 26.1 Å². The van der Waals surface area contributed by atoms with E-state index in [0.717, 1.165) is 40.0 Å². The van der Waals surface area contributed by atoms with Crippen LogP contribution in [0, 0.1) is 0 Å². The lowest BCUT2D eigenvalue weighted by Crippen LogP contribution is -2.37. The van der Waals surface area contributed by atoms with Gasteiger partial charge in [0, 0.05) is 25.3 Å². The van der Waals surface area contributed by atoms with Gasteiger partial charge in [-0.1, -0.05) is 43.7 Å². The Hall–Kier alpha value is -4.40. The second kappa shape index (κ2) is 9.57. The first-order valence-corrected chi connectivity index (χ1v) is 12.4. The maximum atomic E-state index is 13.4. The van der Waals surface area contributed by atoms with Crippen LogP contribution >= 0.6 is 0 Å². The fourth-order valence-corrected chi connectivity index (χ4v) is 4.80. The van der Waals surface area contributed by atoms with Gasteiger partial charge >= 0.3 is 11.7 Å². The molecule has 3 heterocycles. The van der Waals surface area contributed by atoms with Gasteiger partial charge < -0.3 is 4.74 Å². The molecule has 5 aromatic rings. The monoisotopic (exact) mass is 499 g/mol. The molecule has 37 heavy (non-hydrogen) atoms. The molecule has 0 aliphatic heterocycles. The third kappa shape index (κ3) is 3.87. The molecule has 0 saturated carbocycles. The Balaban J connectivity index is 1.92. The molecule has 0 unspecified atom stereocenters. The summed E-state index contributed by atoms with van der Waals surface area (Å²) >= 11 is 0. The van der Waals surface area contributed by atoms with Crippen molar-refractivity contribution in [1.82, 2.24) is 23.1 Å². The van der Waals surface area contributed by atoms with Gasteiger partial charge in [0.25, 0.3) is 5.56 Å². The van der Waals surface area contributed by atoms with Gasteiger partial charge in [0.05, 0.1) is 23.6 Å². The molecule has 0 saturated heterocycles. The van der Waals surface area contributed by atoms with Gasteiger partial charge in [0.2, 0.25) is 5.78 Å². The number of aromatic nitrogens is 5. The first kappa shape index (κ1) is 24.3. The molecule has 0 amide bonds. The van der Waals surface area contributed by atoms with Crippen LogP contribution in [0.5, 0.6) is 0 Å². The Kier molecular flexibility index (Phi) is 6.29. The number of hydrogen-bond acceptors (Lipinski definition) is 5. The summed E-state index contributed by atoms with van der Waals surface area (Å²) in [5, 5.41) is 0. The number of benzene rings is 2. The number of carbonyl (C=O) groups excluding carboxylic acids is 1. The summed E-state index contributed by atoms with van der Waals surface area (Å²) in [6.45, 7) is 4.19. The zero-order chi connectivity index (χ0) is 26.3. The van der Waals surface area contributed by atoms with Crippen LogP contribution in [-0.2, 0) is 25.3 Å². The number of hydrogen-bond donors (Lipinski definition) is 0. The highest BCUT2D eigenvalue weighted by molar-refractivity contribution is 5.90. The van der Waals surface area contributed by atoms with Crippen molar-refractivity contribution in [3.8, 4) is 16.9 Å². The number of aryl methyl sites for hydroxylation is 2. The van der Waals surface area contributed by atoms with Gasteiger partial charge in [-0.15, -0.1) is 0 Å². The lowest BCUT2D eigenvalue weighted by atomic mass is 10.1. The Morgan fingerprint density at radius 3 is 2.30 bits per heavy atom. The highest BCUT2D eigenvalue weighted by Crippen LogP contribution is 2.34. The number of ether oxygens (including phenoxy) is 1. The van der Waals surface area contributed by atoms with E-state index < -0.39 is 11.2 Å². The lowest BCUT2D eigenvalue weighted by Gasteiger charge is -2.12. The fourth-order valence-electron chi connectivity index (χ4n) is 4.80. The minimum absolute atomic E-state index is 0.298. The van der Waals surface area contributed by atoms with E-state index in [-0.39, 0.29) is 5.97 Å². The van der Waals surface area contributed by atoms with E-state index in [2.05, 4.69) is 6.92 Å². The molecule has 190 valence electrons. The topological polar surface area (TPSA) is 92.5 Å². The quantitative estimate of drug-likeness (QED) is 0.317. The van der Waals surface area contributed by atoms with E-state index in [4.69, 9.17) is 9.72 Å². The maximum absolute atomic E-state index is 13.4. The number of imidazole rings is 2. The predicted molar refractivity (Wildman–Crippen MR) is 143 cm³/mol. The van der Waals surface area contributed by atoms with Crippen LogP contribution in [-0.4, -0.2) is 35.7 Å². The molecule has 0 spiro atoms. The number of carbonyl (C=O) groups is 1. The highest BCUT2D eigenvalue weighted by atomic mass is 16.5. The van der Waals surface area contributed by atoms with Crippen LogP contribution in [0.1, 0.15) is 42.7 Å². The van der Waals surface area contributed by atoms with Gasteiger partial charge in [-0.2, -0.15) is 4.98 Å². The van der Waals surface area contributed by atoms with E-state index in [9.17, 15) is 14.4 Å². The summed E-state index contributed by atoms with van der Waals surface area (Å²) in [6.07, 6.45) is 2.59. The summed E-state index contributed by atoms with van der Waals surface area (Å²) < 4.78 is 11.6. The minimum Gasteiger partial charge on any atom is -0.462 e. The largest absolute Gasteiger partial charge is 0.462 e. The average Bonchev–Trinajstić information content (AvgIpc) is 3.45. The molecule has 0 aliphatic carbocycles. The van der Waals surface area contributed by atoms with Gasteiger partial charge in [-0.05, 0) is 44.0 Å². The number of unbranched alkanes of at least 4 members (excludes halogenated alkanes) is 1. The SMILES string of the molecule is CCCCc1c(-c2ccccc2)n(-c2ccc(C(=O)OCC)cc2)c2nc3c(c(=O)n(C)c(=O)n3C)n12. The molecule has 5 rings (SSSR count). The summed E-state index contributed by atoms with van der Waals surface area (Å²) in [5.41, 5.74) is 3.93. The van der Waals surface area contributed by atoms with Crippen molar-refractivity contribution >= 4 is 22.9 Å². The van der Waals surface area contributed by atoms with Crippen molar-refractivity contribution in [3.05, 3.63) is 86.7 Å². The molecule has 0 bridgehead atoms. The summed E-state index contributed by atoms with van der Waals surface area (Å²) in [4.78, 5) is 43.2. The Morgan fingerprint density at radius 2 is 1.65 bits per heavy atom. The van der Waals surface area contributed by atoms with Crippen molar-refractivity contribution < 1.29 is 9.53 Å². The summed E-state index contributed by atoms with van der Waals surface area (Å²) in [6, 6.07) is 17.1. The minimum atomic E-state index is -0.429. The van der Waals surface area contributed by atoms with Gasteiger partial charge in [-0.25, -0.2) is 9.59 Å². The number of rotatable bonds is 7. The van der Waals surface area contributed by atoms with Crippen molar-refractivity contribution in [1.29, 1.82) is 0 Å². The molecule has 2 aromatic carbocycles. The normalized spacial score (nSPS) is 11.5. The third-order valence-corrected chi connectivity index (χ3v) is 6.66. The Labute approximate surface area is 213 Å². The highest BCUT2D eigenvalue weighted by Gasteiger charge is 2.26. The second-order valence-corrected chi connectivity index (χ2v) is 8.99. The van der Waals surface area contributed by atoms with Gasteiger partial charge in [-0.3, -0.25) is 22.9 Å². The van der Waals surface area contributed by atoms with Crippen LogP contribution in [0.3, 0.4) is 0 Å². The Bertz CT molecular complexity index is 1740. The Morgan fingerprint density at radius 1 is 0.946 bits per heavy atom. The molecule has 0 atom stereocenters. The maximum Gasteiger partial charge on any atom is 0.338 e. The van der Waals surface area contributed by atoms with Gasteiger partial charge in [0.1, 0.15) is 0 Å². The van der Waals surface area contributed by atoms with Crippen LogP contribution in [0.25, 0.3) is 33.9 Å². The molecule has 0 aliphatic rings.